The van der Waals surface area contributed by atoms with Crippen molar-refractivity contribution in [2.75, 3.05) is 18.0 Å². The molecule has 1 fully saturated rings. The minimum Gasteiger partial charge on any atom is -0.372 e. The van der Waals surface area contributed by atoms with Gasteiger partial charge in [-0.3, -0.25) is 9.59 Å². The maximum absolute atomic E-state index is 13.2. The van der Waals surface area contributed by atoms with E-state index in [0.717, 1.165) is 35.0 Å². The highest BCUT2D eigenvalue weighted by molar-refractivity contribution is 7.10. The lowest BCUT2D eigenvalue weighted by Crippen LogP contribution is -2.36. The van der Waals surface area contributed by atoms with Crippen molar-refractivity contribution in [2.45, 2.75) is 39.7 Å². The van der Waals surface area contributed by atoms with Gasteiger partial charge in [-0.25, -0.2) is 0 Å². The van der Waals surface area contributed by atoms with Gasteiger partial charge >= 0.3 is 0 Å². The number of piperidine rings is 1. The minimum atomic E-state index is -0.319. The van der Waals surface area contributed by atoms with Crippen LogP contribution in [0.15, 0.2) is 71.7 Å². The monoisotopic (exact) mass is 487 g/mol. The van der Waals surface area contributed by atoms with Gasteiger partial charge in [0, 0.05) is 29.2 Å². The average Bonchev–Trinajstić information content (AvgIpc) is 3.38. The van der Waals surface area contributed by atoms with Crippen LogP contribution in [0.3, 0.4) is 0 Å². The molecule has 0 saturated carbocycles. The van der Waals surface area contributed by atoms with Crippen molar-refractivity contribution in [2.24, 2.45) is 5.92 Å². The van der Waals surface area contributed by atoms with E-state index in [1.165, 1.54) is 29.9 Å². The molecule has 0 unspecified atom stereocenters. The molecule has 2 aromatic carbocycles. The van der Waals surface area contributed by atoms with Crippen LogP contribution >= 0.6 is 11.3 Å². The Hall–Kier alpha value is -3.38. The van der Waals surface area contributed by atoms with Crippen LogP contribution in [-0.2, 0) is 4.79 Å². The number of nitrogens with zero attached hydrogens (tertiary/aromatic N) is 1. The van der Waals surface area contributed by atoms with Gasteiger partial charge in [0.1, 0.15) is 5.70 Å². The highest BCUT2D eigenvalue weighted by Crippen LogP contribution is 2.25. The van der Waals surface area contributed by atoms with Crippen LogP contribution in [0.2, 0.25) is 0 Å². The lowest BCUT2D eigenvalue weighted by Gasteiger charge is -2.32. The van der Waals surface area contributed by atoms with Gasteiger partial charge in [0.25, 0.3) is 11.8 Å². The summed E-state index contributed by atoms with van der Waals surface area (Å²) in [6.07, 6.45) is 4.17. The Balaban J connectivity index is 1.45. The lowest BCUT2D eigenvalue weighted by molar-refractivity contribution is -0.118. The number of hydrogen-bond acceptors (Lipinski definition) is 4. The summed E-state index contributed by atoms with van der Waals surface area (Å²) in [5, 5.41) is 7.80. The fourth-order valence-electron chi connectivity index (χ4n) is 4.17. The van der Waals surface area contributed by atoms with Crippen molar-refractivity contribution < 1.29 is 9.59 Å². The number of thiophene rings is 1. The highest BCUT2D eigenvalue weighted by Gasteiger charge is 2.19. The van der Waals surface area contributed by atoms with Gasteiger partial charge in [-0.2, -0.15) is 0 Å². The lowest BCUT2D eigenvalue weighted by atomic mass is 9.98. The van der Waals surface area contributed by atoms with Gasteiger partial charge in [-0.05, 0) is 80.0 Å². The van der Waals surface area contributed by atoms with Crippen molar-refractivity contribution in [3.8, 4) is 0 Å². The van der Waals surface area contributed by atoms with E-state index in [2.05, 4.69) is 46.7 Å². The molecule has 0 spiro atoms. The van der Waals surface area contributed by atoms with Gasteiger partial charge in [0.2, 0.25) is 0 Å². The summed E-state index contributed by atoms with van der Waals surface area (Å²) in [5.41, 5.74) is 4.05. The first-order valence-electron chi connectivity index (χ1n) is 12.2. The molecule has 5 nitrogen and oxygen atoms in total. The first-order valence-corrected chi connectivity index (χ1v) is 13.1. The molecule has 35 heavy (non-hydrogen) atoms. The molecule has 2 heterocycles. The Morgan fingerprint density at radius 3 is 2.34 bits per heavy atom. The number of benzene rings is 2. The normalized spacial score (nSPS) is 15.5. The molecule has 2 amide bonds. The third-order valence-electron chi connectivity index (χ3n) is 6.53. The van der Waals surface area contributed by atoms with E-state index in [-0.39, 0.29) is 23.6 Å². The summed E-state index contributed by atoms with van der Waals surface area (Å²) in [6, 6.07) is 19.3. The standard InChI is InChI=1S/C29H33N3O2S/c1-20-6-8-24(9-7-20)28(33)31-27(19-26-5-4-18-35-26)29(34)30-22(3)23-10-12-25(13-11-23)32-16-14-21(2)15-17-32/h4-13,18-19,21-22H,14-17H2,1-3H3,(H,30,34)(H,31,33)/b27-19-/t22-/m0/s1. The molecule has 1 atom stereocenters. The molecule has 1 saturated heterocycles. The molecule has 4 rings (SSSR count). The maximum Gasteiger partial charge on any atom is 0.268 e. The number of amides is 2. The fourth-order valence-corrected chi connectivity index (χ4v) is 4.83. The van der Waals surface area contributed by atoms with Gasteiger partial charge in [-0.1, -0.05) is 42.8 Å². The van der Waals surface area contributed by atoms with E-state index in [1.54, 1.807) is 18.2 Å². The maximum atomic E-state index is 13.2. The number of hydrogen-bond donors (Lipinski definition) is 2. The molecule has 3 aromatic rings. The van der Waals surface area contributed by atoms with Gasteiger partial charge in [0.05, 0.1) is 6.04 Å². The summed E-state index contributed by atoms with van der Waals surface area (Å²) >= 11 is 1.51. The SMILES string of the molecule is Cc1ccc(C(=O)N/C(=C\c2cccs2)C(=O)N[C@@H](C)c2ccc(N3CCC(C)CC3)cc2)cc1. The molecule has 2 N–H and O–H groups in total. The number of anilines is 1. The first-order chi connectivity index (χ1) is 16.9. The summed E-state index contributed by atoms with van der Waals surface area (Å²) in [6.45, 7) is 8.42. The minimum absolute atomic E-state index is 0.207. The second-order valence-electron chi connectivity index (χ2n) is 9.35. The summed E-state index contributed by atoms with van der Waals surface area (Å²) in [4.78, 5) is 29.4. The number of carbonyl (C=O) groups is 2. The predicted octanol–water partition coefficient (Wildman–Crippen LogP) is 5.94. The number of aryl methyl sites for hydroxylation is 1. The number of carbonyl (C=O) groups excluding carboxylic acids is 2. The molecular weight excluding hydrogens is 454 g/mol. The van der Waals surface area contributed by atoms with E-state index in [1.807, 2.05) is 43.5 Å². The number of nitrogens with one attached hydrogen (secondary N) is 2. The second-order valence-corrected chi connectivity index (χ2v) is 10.3. The molecule has 1 aromatic heterocycles. The zero-order valence-corrected chi connectivity index (χ0v) is 21.4. The van der Waals surface area contributed by atoms with Crippen molar-refractivity contribution in [3.05, 3.63) is 93.3 Å². The van der Waals surface area contributed by atoms with E-state index in [9.17, 15) is 9.59 Å². The quantitative estimate of drug-likeness (QED) is 0.406. The first kappa shape index (κ1) is 24.7. The van der Waals surface area contributed by atoms with E-state index < -0.39 is 0 Å². The molecule has 0 bridgehead atoms. The van der Waals surface area contributed by atoms with E-state index >= 15 is 0 Å². The zero-order valence-electron chi connectivity index (χ0n) is 20.6. The van der Waals surface area contributed by atoms with Crippen LogP contribution in [0.25, 0.3) is 6.08 Å². The Morgan fingerprint density at radius 2 is 1.71 bits per heavy atom. The smallest absolute Gasteiger partial charge is 0.268 e. The van der Waals surface area contributed by atoms with Crippen LogP contribution in [-0.4, -0.2) is 24.9 Å². The predicted molar refractivity (Wildman–Crippen MR) is 145 cm³/mol. The molecule has 182 valence electrons. The third kappa shape index (κ3) is 6.61. The van der Waals surface area contributed by atoms with Gasteiger partial charge < -0.3 is 15.5 Å². The van der Waals surface area contributed by atoms with Gasteiger partial charge in [-0.15, -0.1) is 11.3 Å². The second kappa shape index (κ2) is 11.4. The molecular formula is C29H33N3O2S. The third-order valence-corrected chi connectivity index (χ3v) is 7.35. The van der Waals surface area contributed by atoms with Crippen LogP contribution in [0.4, 0.5) is 5.69 Å². The summed E-state index contributed by atoms with van der Waals surface area (Å²) in [7, 11) is 0. The topological polar surface area (TPSA) is 61.4 Å². The van der Waals surface area contributed by atoms with E-state index in [4.69, 9.17) is 0 Å². The van der Waals surface area contributed by atoms with Crippen molar-refractivity contribution in [1.29, 1.82) is 0 Å². The van der Waals surface area contributed by atoms with Crippen molar-refractivity contribution in [1.82, 2.24) is 10.6 Å². The Labute approximate surface area is 211 Å². The van der Waals surface area contributed by atoms with Crippen molar-refractivity contribution >= 4 is 34.9 Å². The molecule has 6 heteroatoms. The molecule has 1 aliphatic rings. The van der Waals surface area contributed by atoms with Crippen molar-refractivity contribution in [3.63, 3.8) is 0 Å². The summed E-state index contributed by atoms with van der Waals surface area (Å²) in [5.74, 6) is 0.167. The van der Waals surface area contributed by atoms with Gasteiger partial charge in [0.15, 0.2) is 0 Å². The Morgan fingerprint density at radius 1 is 1.03 bits per heavy atom. The van der Waals surface area contributed by atoms with Crippen LogP contribution in [0.1, 0.15) is 59.1 Å². The number of rotatable bonds is 7. The van der Waals surface area contributed by atoms with E-state index in [0.29, 0.717) is 5.56 Å². The summed E-state index contributed by atoms with van der Waals surface area (Å²) < 4.78 is 0. The zero-order chi connectivity index (χ0) is 24.8. The molecule has 1 aliphatic heterocycles. The Kier molecular flexibility index (Phi) is 8.03. The van der Waals surface area contributed by atoms with Crippen LogP contribution in [0, 0.1) is 12.8 Å². The molecule has 0 aliphatic carbocycles. The largest absolute Gasteiger partial charge is 0.372 e. The van der Waals surface area contributed by atoms with Crippen LogP contribution in [0.5, 0.6) is 0 Å². The highest BCUT2D eigenvalue weighted by atomic mass is 32.1. The van der Waals surface area contributed by atoms with Crippen LogP contribution < -0.4 is 15.5 Å². The fraction of sp³-hybridized carbons (Fsp3) is 0.310. The average molecular weight is 488 g/mol. The Bertz CT molecular complexity index is 1160. The molecule has 0 radical (unpaired) electrons.